The van der Waals surface area contributed by atoms with Crippen LogP contribution in [0.2, 0.25) is 0 Å². The molecular weight excluding hydrogens is 188 g/mol. The molecule has 0 saturated carbocycles. The van der Waals surface area contributed by atoms with Gasteiger partial charge in [0.15, 0.2) is 0 Å². The van der Waals surface area contributed by atoms with Gasteiger partial charge in [-0.2, -0.15) is 0 Å². The lowest BCUT2D eigenvalue weighted by Crippen LogP contribution is -1.98. The second-order valence-electron chi connectivity index (χ2n) is 4.11. The van der Waals surface area contributed by atoms with Crippen LogP contribution in [-0.2, 0) is 0 Å². The summed E-state index contributed by atoms with van der Waals surface area (Å²) in [6, 6.07) is 7.36. The van der Waals surface area contributed by atoms with E-state index in [9.17, 15) is 4.79 Å². The standard InChI is InChI=1S/C13H14O2/c1-8(2)11-6-4-10-5-7-12(14)15-13(10)9(11)3/h4-8H,1-3H3. The van der Waals surface area contributed by atoms with Gasteiger partial charge in [-0.3, -0.25) is 0 Å². The van der Waals surface area contributed by atoms with Gasteiger partial charge in [-0.1, -0.05) is 26.0 Å². The van der Waals surface area contributed by atoms with E-state index in [1.807, 2.05) is 13.0 Å². The van der Waals surface area contributed by atoms with Gasteiger partial charge in [0.05, 0.1) is 0 Å². The zero-order valence-electron chi connectivity index (χ0n) is 9.20. The minimum atomic E-state index is -0.286. The molecule has 1 aromatic heterocycles. The Morgan fingerprint density at radius 1 is 1.13 bits per heavy atom. The van der Waals surface area contributed by atoms with E-state index in [4.69, 9.17) is 4.42 Å². The molecule has 0 aliphatic carbocycles. The van der Waals surface area contributed by atoms with Crippen LogP contribution in [0.1, 0.15) is 30.9 Å². The molecule has 0 atom stereocenters. The predicted octanol–water partition coefficient (Wildman–Crippen LogP) is 3.22. The van der Waals surface area contributed by atoms with E-state index in [1.165, 1.54) is 11.6 Å². The van der Waals surface area contributed by atoms with E-state index in [0.717, 1.165) is 10.9 Å². The molecule has 0 amide bonds. The van der Waals surface area contributed by atoms with Crippen molar-refractivity contribution >= 4 is 11.0 Å². The number of fused-ring (bicyclic) bond motifs is 1. The Balaban J connectivity index is 2.82. The van der Waals surface area contributed by atoms with Crippen molar-refractivity contribution in [3.05, 3.63) is 45.8 Å². The topological polar surface area (TPSA) is 30.2 Å². The van der Waals surface area contributed by atoms with E-state index in [2.05, 4.69) is 19.9 Å². The van der Waals surface area contributed by atoms with Gasteiger partial charge in [0, 0.05) is 11.5 Å². The zero-order valence-corrected chi connectivity index (χ0v) is 9.20. The Labute approximate surface area is 88.5 Å². The first-order chi connectivity index (χ1) is 7.09. The van der Waals surface area contributed by atoms with Crippen molar-refractivity contribution in [1.29, 1.82) is 0 Å². The third kappa shape index (κ3) is 1.67. The predicted molar refractivity (Wildman–Crippen MR) is 61.3 cm³/mol. The fourth-order valence-corrected chi connectivity index (χ4v) is 1.91. The highest BCUT2D eigenvalue weighted by Crippen LogP contribution is 2.25. The first kappa shape index (κ1) is 9.97. The lowest BCUT2D eigenvalue weighted by atomic mass is 9.96. The Morgan fingerprint density at radius 2 is 1.80 bits per heavy atom. The van der Waals surface area contributed by atoms with Gasteiger partial charge in [-0.25, -0.2) is 4.79 Å². The van der Waals surface area contributed by atoms with Crippen LogP contribution in [0.5, 0.6) is 0 Å². The molecule has 15 heavy (non-hydrogen) atoms. The molecule has 2 aromatic rings. The van der Waals surface area contributed by atoms with Gasteiger partial charge >= 0.3 is 5.63 Å². The second kappa shape index (κ2) is 3.54. The van der Waals surface area contributed by atoms with E-state index in [0.29, 0.717) is 11.5 Å². The molecule has 0 spiro atoms. The van der Waals surface area contributed by atoms with Crippen molar-refractivity contribution in [3.63, 3.8) is 0 Å². The molecule has 0 radical (unpaired) electrons. The quantitative estimate of drug-likeness (QED) is 0.664. The van der Waals surface area contributed by atoms with Gasteiger partial charge in [-0.15, -0.1) is 0 Å². The fraction of sp³-hybridized carbons (Fsp3) is 0.308. The highest BCUT2D eigenvalue weighted by atomic mass is 16.4. The molecular formula is C13H14O2. The van der Waals surface area contributed by atoms with Gasteiger partial charge in [0.1, 0.15) is 5.58 Å². The molecule has 2 rings (SSSR count). The molecule has 0 saturated heterocycles. The van der Waals surface area contributed by atoms with Crippen molar-refractivity contribution < 1.29 is 4.42 Å². The molecule has 0 fully saturated rings. The minimum Gasteiger partial charge on any atom is -0.422 e. The van der Waals surface area contributed by atoms with Crippen molar-refractivity contribution in [2.75, 3.05) is 0 Å². The average Bonchev–Trinajstić information content (AvgIpc) is 2.19. The van der Waals surface area contributed by atoms with Crippen LogP contribution >= 0.6 is 0 Å². The Morgan fingerprint density at radius 3 is 2.47 bits per heavy atom. The maximum atomic E-state index is 11.2. The monoisotopic (exact) mass is 202 g/mol. The van der Waals surface area contributed by atoms with Crippen LogP contribution in [0, 0.1) is 6.92 Å². The third-order valence-corrected chi connectivity index (χ3v) is 2.70. The molecule has 1 heterocycles. The van der Waals surface area contributed by atoms with Crippen molar-refractivity contribution in [1.82, 2.24) is 0 Å². The summed E-state index contributed by atoms with van der Waals surface area (Å²) in [5, 5.41) is 0.983. The maximum absolute atomic E-state index is 11.2. The molecule has 0 aliphatic rings. The number of hydrogen-bond acceptors (Lipinski definition) is 2. The van der Waals surface area contributed by atoms with Crippen LogP contribution < -0.4 is 5.63 Å². The van der Waals surface area contributed by atoms with Crippen LogP contribution in [0.15, 0.2) is 33.5 Å². The molecule has 2 heteroatoms. The highest BCUT2D eigenvalue weighted by molar-refractivity contribution is 5.80. The summed E-state index contributed by atoms with van der Waals surface area (Å²) in [6.45, 7) is 6.27. The van der Waals surface area contributed by atoms with E-state index >= 15 is 0 Å². The van der Waals surface area contributed by atoms with Crippen LogP contribution in [0.4, 0.5) is 0 Å². The fourth-order valence-electron chi connectivity index (χ4n) is 1.91. The van der Waals surface area contributed by atoms with Crippen molar-refractivity contribution in [2.45, 2.75) is 26.7 Å². The number of rotatable bonds is 1. The maximum Gasteiger partial charge on any atom is 0.336 e. The van der Waals surface area contributed by atoms with E-state index < -0.39 is 0 Å². The average molecular weight is 202 g/mol. The summed E-state index contributed by atoms with van der Waals surface area (Å²) in [5.41, 5.74) is 2.73. The van der Waals surface area contributed by atoms with Gasteiger partial charge in [0.2, 0.25) is 0 Å². The number of aryl methyl sites for hydroxylation is 1. The largest absolute Gasteiger partial charge is 0.422 e. The third-order valence-electron chi connectivity index (χ3n) is 2.70. The molecule has 1 aromatic carbocycles. The Bertz CT molecular complexity index is 550. The van der Waals surface area contributed by atoms with Gasteiger partial charge < -0.3 is 4.42 Å². The molecule has 0 unspecified atom stereocenters. The smallest absolute Gasteiger partial charge is 0.336 e. The van der Waals surface area contributed by atoms with Crippen LogP contribution in [0.25, 0.3) is 11.0 Å². The molecule has 0 aliphatic heterocycles. The first-order valence-electron chi connectivity index (χ1n) is 5.13. The minimum absolute atomic E-state index is 0.286. The SMILES string of the molecule is Cc1c(C(C)C)ccc2ccc(=O)oc12. The zero-order chi connectivity index (χ0) is 11.0. The number of benzene rings is 1. The van der Waals surface area contributed by atoms with Gasteiger partial charge in [-0.05, 0) is 30.0 Å². The van der Waals surface area contributed by atoms with E-state index in [1.54, 1.807) is 6.07 Å². The van der Waals surface area contributed by atoms with Crippen molar-refractivity contribution in [2.24, 2.45) is 0 Å². The van der Waals surface area contributed by atoms with Gasteiger partial charge in [0.25, 0.3) is 0 Å². The highest BCUT2D eigenvalue weighted by Gasteiger charge is 2.08. The van der Waals surface area contributed by atoms with Crippen LogP contribution in [-0.4, -0.2) is 0 Å². The Hall–Kier alpha value is -1.57. The summed E-state index contributed by atoms with van der Waals surface area (Å²) < 4.78 is 5.23. The summed E-state index contributed by atoms with van der Waals surface area (Å²) >= 11 is 0. The summed E-state index contributed by atoms with van der Waals surface area (Å²) in [6.07, 6.45) is 0. The number of hydrogen-bond donors (Lipinski definition) is 0. The molecule has 78 valence electrons. The lowest BCUT2D eigenvalue weighted by molar-refractivity contribution is 0.557. The second-order valence-corrected chi connectivity index (χ2v) is 4.11. The molecule has 0 bridgehead atoms. The summed E-state index contributed by atoms with van der Waals surface area (Å²) in [7, 11) is 0. The van der Waals surface area contributed by atoms with Crippen molar-refractivity contribution in [3.8, 4) is 0 Å². The molecule has 2 nitrogen and oxygen atoms in total. The van der Waals surface area contributed by atoms with E-state index in [-0.39, 0.29) is 5.63 Å². The van der Waals surface area contributed by atoms with Crippen LogP contribution in [0.3, 0.4) is 0 Å². The molecule has 0 N–H and O–H groups in total. The first-order valence-corrected chi connectivity index (χ1v) is 5.13. The Kier molecular flexibility index (Phi) is 2.35. The normalized spacial score (nSPS) is 11.2. The lowest BCUT2D eigenvalue weighted by Gasteiger charge is -2.10. The summed E-state index contributed by atoms with van der Waals surface area (Å²) in [4.78, 5) is 11.2. The summed E-state index contributed by atoms with van der Waals surface area (Å²) in [5.74, 6) is 0.444.